The fraction of sp³-hybridized carbons (Fsp3) is 0.350. The van der Waals surface area contributed by atoms with Gasteiger partial charge in [0.15, 0.2) is 0 Å². The minimum atomic E-state index is -0.425. The molecule has 236 valence electrons. The summed E-state index contributed by atoms with van der Waals surface area (Å²) in [6.07, 6.45) is 5.71. The Kier molecular flexibility index (Phi) is 13.4. The summed E-state index contributed by atoms with van der Waals surface area (Å²) in [6, 6.07) is 41.0. The van der Waals surface area contributed by atoms with Crippen molar-refractivity contribution in [2.24, 2.45) is 0 Å². The van der Waals surface area contributed by atoms with E-state index >= 15 is 0 Å². The van der Waals surface area contributed by atoms with Crippen LogP contribution in [0.3, 0.4) is 0 Å². The van der Waals surface area contributed by atoms with Gasteiger partial charge in [-0.15, -0.1) is 0 Å². The van der Waals surface area contributed by atoms with Gasteiger partial charge in [0, 0.05) is 0 Å². The van der Waals surface area contributed by atoms with Crippen molar-refractivity contribution in [3.8, 4) is 0 Å². The van der Waals surface area contributed by atoms with Crippen molar-refractivity contribution >= 4 is 0 Å². The SMILES string of the molecule is CCCC/C=C/[C@H]1O[C@H](COCc2ccccc2)[C@@H](OCc2ccccc2)[C@H](OCc2ccccc2)[C@@H]1OCc1ccccc1. The molecule has 0 aromatic heterocycles. The third-order valence-corrected chi connectivity index (χ3v) is 7.97. The molecular formula is C40H46O5. The monoisotopic (exact) mass is 606 g/mol. The van der Waals surface area contributed by atoms with Gasteiger partial charge in [0.1, 0.15) is 30.5 Å². The van der Waals surface area contributed by atoms with Crippen molar-refractivity contribution in [3.05, 3.63) is 156 Å². The molecule has 45 heavy (non-hydrogen) atoms. The summed E-state index contributed by atoms with van der Waals surface area (Å²) >= 11 is 0. The van der Waals surface area contributed by atoms with E-state index in [2.05, 4.69) is 67.6 Å². The van der Waals surface area contributed by atoms with Gasteiger partial charge in [-0.05, 0) is 28.7 Å². The van der Waals surface area contributed by atoms with Gasteiger partial charge in [0.25, 0.3) is 0 Å². The minimum Gasteiger partial charge on any atom is -0.374 e. The zero-order valence-electron chi connectivity index (χ0n) is 26.3. The van der Waals surface area contributed by atoms with Crippen LogP contribution in [-0.4, -0.2) is 37.1 Å². The van der Waals surface area contributed by atoms with Crippen LogP contribution in [0, 0.1) is 0 Å². The van der Waals surface area contributed by atoms with Crippen LogP contribution < -0.4 is 0 Å². The first-order chi connectivity index (χ1) is 22.3. The Morgan fingerprint density at radius 1 is 0.556 bits per heavy atom. The van der Waals surface area contributed by atoms with Crippen LogP contribution in [0.5, 0.6) is 0 Å². The smallest absolute Gasteiger partial charge is 0.116 e. The lowest BCUT2D eigenvalue weighted by atomic mass is 9.93. The Morgan fingerprint density at radius 3 is 1.49 bits per heavy atom. The largest absolute Gasteiger partial charge is 0.374 e. The average Bonchev–Trinajstić information content (AvgIpc) is 3.10. The second kappa shape index (κ2) is 18.4. The second-order valence-corrected chi connectivity index (χ2v) is 11.5. The zero-order valence-corrected chi connectivity index (χ0v) is 26.3. The number of hydrogen-bond donors (Lipinski definition) is 0. The molecular weight excluding hydrogens is 560 g/mol. The summed E-state index contributed by atoms with van der Waals surface area (Å²) in [5.74, 6) is 0. The van der Waals surface area contributed by atoms with Gasteiger partial charge in [-0.25, -0.2) is 0 Å². The van der Waals surface area contributed by atoms with Crippen molar-refractivity contribution in [2.75, 3.05) is 6.61 Å². The second-order valence-electron chi connectivity index (χ2n) is 11.5. The molecule has 0 aliphatic carbocycles. The molecule has 0 unspecified atom stereocenters. The van der Waals surface area contributed by atoms with Gasteiger partial charge < -0.3 is 23.7 Å². The highest BCUT2D eigenvalue weighted by molar-refractivity contribution is 5.17. The third-order valence-electron chi connectivity index (χ3n) is 7.97. The molecule has 1 heterocycles. The van der Waals surface area contributed by atoms with Crippen molar-refractivity contribution in [3.63, 3.8) is 0 Å². The van der Waals surface area contributed by atoms with Gasteiger partial charge in [0.05, 0.1) is 33.0 Å². The molecule has 4 aromatic rings. The lowest BCUT2D eigenvalue weighted by Gasteiger charge is -2.45. The fourth-order valence-electron chi connectivity index (χ4n) is 5.53. The van der Waals surface area contributed by atoms with Gasteiger partial charge in [0.2, 0.25) is 0 Å². The summed E-state index contributed by atoms with van der Waals surface area (Å²) in [5.41, 5.74) is 4.40. The number of ether oxygens (including phenoxy) is 5. The van der Waals surface area contributed by atoms with Gasteiger partial charge in [-0.2, -0.15) is 0 Å². The molecule has 5 atom stereocenters. The number of unbranched alkanes of at least 4 members (excludes halogenated alkanes) is 2. The molecule has 0 bridgehead atoms. The average molecular weight is 607 g/mol. The number of benzene rings is 4. The molecule has 0 N–H and O–H groups in total. The minimum absolute atomic E-state index is 0.326. The summed E-state index contributed by atoms with van der Waals surface area (Å²) in [7, 11) is 0. The van der Waals surface area contributed by atoms with Crippen molar-refractivity contribution in [2.45, 2.75) is 83.1 Å². The highest BCUT2D eigenvalue weighted by Gasteiger charge is 2.47. The van der Waals surface area contributed by atoms with E-state index in [1.807, 2.05) is 72.8 Å². The van der Waals surface area contributed by atoms with Crippen molar-refractivity contribution < 1.29 is 23.7 Å². The quantitative estimate of drug-likeness (QED) is 0.0891. The van der Waals surface area contributed by atoms with Crippen LogP contribution in [0.15, 0.2) is 133 Å². The molecule has 1 fully saturated rings. The van der Waals surface area contributed by atoms with Gasteiger partial charge in [-0.1, -0.05) is 153 Å². The number of allylic oxidation sites excluding steroid dienone is 1. The lowest BCUT2D eigenvalue weighted by Crippen LogP contribution is -2.60. The van der Waals surface area contributed by atoms with E-state index in [4.69, 9.17) is 23.7 Å². The third kappa shape index (κ3) is 10.5. The summed E-state index contributed by atoms with van der Waals surface area (Å²) in [6.45, 7) is 4.37. The molecule has 1 saturated heterocycles. The predicted octanol–water partition coefficient (Wildman–Crippen LogP) is 8.47. The van der Waals surface area contributed by atoms with Gasteiger partial charge >= 0.3 is 0 Å². The Labute approximate surface area is 268 Å². The Morgan fingerprint density at radius 2 is 1.00 bits per heavy atom. The summed E-state index contributed by atoms with van der Waals surface area (Å²) in [4.78, 5) is 0. The van der Waals surface area contributed by atoms with Crippen LogP contribution in [0.2, 0.25) is 0 Å². The first-order valence-electron chi connectivity index (χ1n) is 16.2. The molecule has 0 spiro atoms. The van der Waals surface area contributed by atoms with Crippen LogP contribution >= 0.6 is 0 Å². The highest BCUT2D eigenvalue weighted by Crippen LogP contribution is 2.32. The van der Waals surface area contributed by atoms with E-state index in [1.54, 1.807) is 0 Å². The zero-order chi connectivity index (χ0) is 30.9. The summed E-state index contributed by atoms with van der Waals surface area (Å²) in [5, 5.41) is 0. The molecule has 5 heteroatoms. The normalized spacial score (nSPS) is 21.7. The van der Waals surface area contributed by atoms with E-state index in [9.17, 15) is 0 Å². The van der Waals surface area contributed by atoms with Crippen molar-refractivity contribution in [1.82, 2.24) is 0 Å². The van der Waals surface area contributed by atoms with Crippen LogP contribution in [0.4, 0.5) is 0 Å². The topological polar surface area (TPSA) is 46.2 Å². The molecule has 0 radical (unpaired) electrons. The molecule has 5 rings (SSSR count). The Bertz CT molecular complexity index is 1360. The maximum Gasteiger partial charge on any atom is 0.116 e. The van der Waals surface area contributed by atoms with E-state index in [1.165, 1.54) is 0 Å². The predicted molar refractivity (Wildman–Crippen MR) is 178 cm³/mol. The number of rotatable bonds is 17. The standard InChI is InChI=1S/C40H46O5/c1-2-3-4-17-26-36-38(42-28-33-20-11-6-12-21-33)40(44-30-35-24-15-8-16-25-35)39(43-29-34-22-13-7-14-23-34)37(45-36)31-41-27-32-18-9-5-10-19-32/h5-26,36-40H,2-4,27-31H2,1H3/b26-17+/t36-,37-,38-,39-,40-/m1/s1. The van der Waals surface area contributed by atoms with Gasteiger partial charge in [-0.3, -0.25) is 0 Å². The van der Waals surface area contributed by atoms with E-state index in [-0.39, 0.29) is 12.2 Å². The van der Waals surface area contributed by atoms with Crippen LogP contribution in [-0.2, 0) is 50.1 Å². The van der Waals surface area contributed by atoms with Crippen LogP contribution in [0.1, 0.15) is 48.4 Å². The lowest BCUT2D eigenvalue weighted by molar-refractivity contribution is -0.263. The van der Waals surface area contributed by atoms with Crippen molar-refractivity contribution in [1.29, 1.82) is 0 Å². The Balaban J connectivity index is 1.43. The molecule has 0 saturated carbocycles. The van der Waals surface area contributed by atoms with E-state index in [0.29, 0.717) is 33.0 Å². The maximum absolute atomic E-state index is 6.85. The maximum atomic E-state index is 6.85. The first kappa shape index (κ1) is 32.8. The van der Waals surface area contributed by atoms with E-state index < -0.39 is 18.3 Å². The molecule has 5 nitrogen and oxygen atoms in total. The molecule has 1 aliphatic rings. The summed E-state index contributed by atoms with van der Waals surface area (Å²) < 4.78 is 33.4. The Hall–Kier alpha value is -3.58. The fourth-order valence-corrected chi connectivity index (χ4v) is 5.53. The van der Waals surface area contributed by atoms with E-state index in [0.717, 1.165) is 41.5 Å². The van der Waals surface area contributed by atoms with Crippen LogP contribution in [0.25, 0.3) is 0 Å². The number of hydrogen-bond acceptors (Lipinski definition) is 5. The highest BCUT2D eigenvalue weighted by atomic mass is 16.6. The molecule has 4 aromatic carbocycles. The first-order valence-corrected chi connectivity index (χ1v) is 16.2. The molecule has 0 amide bonds. The molecule has 1 aliphatic heterocycles.